The number of carbonyl (C=O) groups excluding carboxylic acids is 2. The third kappa shape index (κ3) is 5.64. The van der Waals surface area contributed by atoms with Gasteiger partial charge < -0.3 is 10.6 Å². The number of aromatic nitrogens is 6. The highest BCUT2D eigenvalue weighted by molar-refractivity contribution is 6.32. The molecular formula is C25H19ClF3N9O2. The SMILES string of the molecule is Cc1cc(C#N)cc(C(=O)NC2CC2)c1NC(=O)c1cc(Cn2ncc(C(F)(F)F)n2)nn1-c1ncccc1Cl. The molecule has 1 aliphatic carbocycles. The first-order chi connectivity index (χ1) is 19.0. The van der Waals surface area contributed by atoms with E-state index in [0.717, 1.165) is 22.3 Å². The molecule has 15 heteroatoms. The van der Waals surface area contributed by atoms with E-state index in [9.17, 15) is 28.0 Å². The van der Waals surface area contributed by atoms with Crippen molar-refractivity contribution in [1.82, 2.24) is 35.1 Å². The lowest BCUT2D eigenvalue weighted by molar-refractivity contribution is -0.141. The molecule has 1 saturated carbocycles. The quantitative estimate of drug-likeness (QED) is 0.343. The molecule has 0 spiro atoms. The Morgan fingerprint density at radius 1 is 1.20 bits per heavy atom. The fraction of sp³-hybridized carbons (Fsp3) is 0.240. The fourth-order valence-electron chi connectivity index (χ4n) is 3.88. The average Bonchev–Trinajstić information content (AvgIpc) is 3.41. The largest absolute Gasteiger partial charge is 0.436 e. The molecule has 1 aliphatic rings. The number of nitrogens with one attached hydrogen (secondary N) is 2. The third-order valence-corrected chi connectivity index (χ3v) is 6.22. The maximum absolute atomic E-state index is 13.6. The maximum Gasteiger partial charge on any atom is 0.436 e. The molecule has 5 rings (SSSR count). The Labute approximate surface area is 229 Å². The van der Waals surface area contributed by atoms with Crippen LogP contribution in [0.15, 0.2) is 42.7 Å². The Bertz CT molecular complexity index is 1670. The van der Waals surface area contributed by atoms with Crippen LogP contribution >= 0.6 is 11.6 Å². The molecule has 11 nitrogen and oxygen atoms in total. The Morgan fingerprint density at radius 2 is 1.98 bits per heavy atom. The highest BCUT2D eigenvalue weighted by atomic mass is 35.5. The van der Waals surface area contributed by atoms with E-state index >= 15 is 0 Å². The van der Waals surface area contributed by atoms with Crippen LogP contribution < -0.4 is 10.6 Å². The maximum atomic E-state index is 13.6. The molecule has 0 bridgehead atoms. The number of alkyl halides is 3. The molecule has 2 amide bonds. The third-order valence-electron chi connectivity index (χ3n) is 5.92. The van der Waals surface area contributed by atoms with Crippen molar-refractivity contribution in [2.75, 3.05) is 5.32 Å². The first kappa shape index (κ1) is 26.8. The minimum Gasteiger partial charge on any atom is -0.349 e. The average molecular weight is 570 g/mol. The van der Waals surface area contributed by atoms with Gasteiger partial charge >= 0.3 is 6.18 Å². The van der Waals surface area contributed by atoms with Gasteiger partial charge in [0.15, 0.2) is 11.5 Å². The van der Waals surface area contributed by atoms with E-state index in [1.54, 1.807) is 13.0 Å². The summed E-state index contributed by atoms with van der Waals surface area (Å²) in [6, 6.07) is 9.40. The van der Waals surface area contributed by atoms with Gasteiger partial charge in [-0.2, -0.15) is 33.4 Å². The first-order valence-corrected chi connectivity index (χ1v) is 12.3. The van der Waals surface area contributed by atoms with E-state index in [4.69, 9.17) is 11.6 Å². The minimum absolute atomic E-state index is 0.0335. The van der Waals surface area contributed by atoms with Crippen molar-refractivity contribution < 1.29 is 22.8 Å². The molecule has 4 aromatic rings. The van der Waals surface area contributed by atoms with Crippen LogP contribution in [0.3, 0.4) is 0 Å². The number of halogens is 4. The number of rotatable bonds is 7. The normalized spacial score (nSPS) is 13.1. The summed E-state index contributed by atoms with van der Waals surface area (Å²) in [7, 11) is 0. The molecule has 1 fully saturated rings. The molecule has 0 unspecified atom stereocenters. The Balaban J connectivity index is 1.52. The summed E-state index contributed by atoms with van der Waals surface area (Å²) < 4.78 is 40.1. The number of nitrogens with zero attached hydrogens (tertiary/aromatic N) is 7. The van der Waals surface area contributed by atoms with Crippen LogP contribution in [0.1, 0.15) is 56.2 Å². The number of hydrogen-bond donors (Lipinski definition) is 2. The molecule has 0 saturated heterocycles. The number of nitriles is 1. The van der Waals surface area contributed by atoms with Crippen LogP contribution in [0.5, 0.6) is 0 Å². The summed E-state index contributed by atoms with van der Waals surface area (Å²) in [5.74, 6) is -1.06. The van der Waals surface area contributed by atoms with E-state index < -0.39 is 23.7 Å². The van der Waals surface area contributed by atoms with Crippen molar-refractivity contribution in [1.29, 1.82) is 5.26 Å². The molecule has 0 atom stereocenters. The minimum atomic E-state index is -4.67. The number of amides is 2. The Kier molecular flexibility index (Phi) is 6.99. The second-order valence-corrected chi connectivity index (χ2v) is 9.44. The van der Waals surface area contributed by atoms with Crippen molar-refractivity contribution in [3.63, 3.8) is 0 Å². The number of pyridine rings is 1. The van der Waals surface area contributed by atoms with Gasteiger partial charge in [0, 0.05) is 12.2 Å². The lowest BCUT2D eigenvalue weighted by Gasteiger charge is -2.15. The number of hydrogen-bond acceptors (Lipinski definition) is 7. The number of anilines is 1. The van der Waals surface area contributed by atoms with E-state index in [1.165, 1.54) is 30.5 Å². The zero-order valence-corrected chi connectivity index (χ0v) is 21.5. The summed E-state index contributed by atoms with van der Waals surface area (Å²) >= 11 is 6.30. The summed E-state index contributed by atoms with van der Waals surface area (Å²) in [6.07, 6.45) is -0.978. The van der Waals surface area contributed by atoms with Crippen molar-refractivity contribution in [2.45, 2.75) is 38.5 Å². The lowest BCUT2D eigenvalue weighted by atomic mass is 10.0. The molecule has 3 heterocycles. The number of carbonyl (C=O) groups is 2. The van der Waals surface area contributed by atoms with E-state index in [2.05, 4.69) is 30.9 Å². The van der Waals surface area contributed by atoms with Crippen LogP contribution in [0.25, 0.3) is 5.82 Å². The van der Waals surface area contributed by atoms with E-state index in [-0.39, 0.29) is 51.6 Å². The van der Waals surface area contributed by atoms with Gasteiger partial charge in [-0.25, -0.2) is 9.67 Å². The molecule has 0 radical (unpaired) electrons. The van der Waals surface area contributed by atoms with Crippen LogP contribution in [-0.2, 0) is 12.7 Å². The second kappa shape index (κ2) is 10.4. The lowest BCUT2D eigenvalue weighted by Crippen LogP contribution is -2.28. The topological polar surface area (TPSA) is 143 Å². The Hall–Kier alpha value is -4.77. The van der Waals surface area contributed by atoms with Gasteiger partial charge in [0.05, 0.1) is 39.8 Å². The zero-order chi connectivity index (χ0) is 28.6. The van der Waals surface area contributed by atoms with Crippen molar-refractivity contribution >= 4 is 29.1 Å². The highest BCUT2D eigenvalue weighted by Crippen LogP contribution is 2.28. The van der Waals surface area contributed by atoms with Gasteiger partial charge in [0.2, 0.25) is 0 Å². The zero-order valence-electron chi connectivity index (χ0n) is 20.7. The van der Waals surface area contributed by atoms with Crippen molar-refractivity contribution in [3.8, 4) is 11.9 Å². The predicted molar refractivity (Wildman–Crippen MR) is 135 cm³/mol. The molecule has 0 aliphatic heterocycles. The van der Waals surface area contributed by atoms with E-state index in [1.807, 2.05) is 6.07 Å². The molecule has 3 aromatic heterocycles. The predicted octanol–water partition coefficient (Wildman–Crippen LogP) is 3.90. The standard InChI is InChI=1S/C25H19ClF3N9O2/c1-13-7-14(10-30)8-17(23(39)33-15-4-5-15)21(13)34-24(40)19-9-16(12-37-32-11-20(36-37)25(27,28)29)35-38(19)22-18(26)3-2-6-31-22/h2-3,6-9,11,15H,4-5,12H2,1H3,(H,33,39)(H,34,40). The van der Waals surface area contributed by atoms with Crippen molar-refractivity contribution in [2.24, 2.45) is 0 Å². The van der Waals surface area contributed by atoms with Crippen LogP contribution in [0, 0.1) is 18.3 Å². The van der Waals surface area contributed by atoms with Gasteiger partial charge in [-0.15, -0.1) is 5.10 Å². The first-order valence-electron chi connectivity index (χ1n) is 11.9. The highest BCUT2D eigenvalue weighted by Gasteiger charge is 2.34. The second-order valence-electron chi connectivity index (χ2n) is 9.03. The summed E-state index contributed by atoms with van der Waals surface area (Å²) in [5, 5.41) is 26.5. The van der Waals surface area contributed by atoms with Crippen LogP contribution in [0.2, 0.25) is 5.02 Å². The molecule has 1 aromatic carbocycles. The van der Waals surface area contributed by atoms with Gasteiger partial charge in [0.25, 0.3) is 11.8 Å². The fourth-order valence-corrected chi connectivity index (χ4v) is 4.08. The molecule has 40 heavy (non-hydrogen) atoms. The molecule has 204 valence electrons. The number of aryl methyl sites for hydroxylation is 1. The molecule has 2 N–H and O–H groups in total. The van der Waals surface area contributed by atoms with Gasteiger partial charge in [-0.1, -0.05) is 11.6 Å². The van der Waals surface area contributed by atoms with Gasteiger partial charge in [-0.05, 0) is 55.7 Å². The Morgan fingerprint density at radius 3 is 2.62 bits per heavy atom. The number of benzene rings is 1. The van der Waals surface area contributed by atoms with Crippen LogP contribution in [-0.4, -0.2) is 47.6 Å². The summed E-state index contributed by atoms with van der Waals surface area (Å²) in [4.78, 5) is 31.5. The van der Waals surface area contributed by atoms with Gasteiger partial charge in [0.1, 0.15) is 12.2 Å². The summed E-state index contributed by atoms with van der Waals surface area (Å²) in [5.41, 5.74) is -0.0991. The molecular weight excluding hydrogens is 551 g/mol. The van der Waals surface area contributed by atoms with Gasteiger partial charge in [-0.3, -0.25) is 9.59 Å². The smallest absolute Gasteiger partial charge is 0.349 e. The van der Waals surface area contributed by atoms with Crippen molar-refractivity contribution in [3.05, 3.63) is 81.5 Å². The summed E-state index contributed by atoms with van der Waals surface area (Å²) in [6.45, 7) is 1.35. The monoisotopic (exact) mass is 569 g/mol. The van der Waals surface area contributed by atoms with Crippen LogP contribution in [0.4, 0.5) is 18.9 Å². The van der Waals surface area contributed by atoms with E-state index in [0.29, 0.717) is 11.8 Å².